The molecular formula is C51H33NO. The summed E-state index contributed by atoms with van der Waals surface area (Å²) in [5.74, 6) is 0.0563. The zero-order valence-electron chi connectivity index (χ0n) is 29.2. The summed E-state index contributed by atoms with van der Waals surface area (Å²) in [4.78, 5) is 0. The van der Waals surface area contributed by atoms with Crippen molar-refractivity contribution in [2.45, 2.75) is 17.8 Å². The number of hydrogen-bond donors (Lipinski definition) is 0. The molecule has 248 valence electrons. The first kappa shape index (κ1) is 28.2. The van der Waals surface area contributed by atoms with Gasteiger partial charge in [-0.3, -0.25) is 0 Å². The quantitative estimate of drug-likeness (QED) is 0.156. The standard InChI is InChI=1S/C51H33NO/c1-49-29-15-14-28-45(49)50(38-22-8-9-23-39(38)51(49)36-20-6-2-16-31(36)32-17-3-7-21-37(32)51)40-24-10-12-26-43(40)52-42-25-11-4-19-34(42)46-47(52)41(50)30-35-33-18-5-13-27-44(33)53-48(35)46/h2-30,45H,1H3. The maximum atomic E-state index is 6.89. The van der Waals surface area contributed by atoms with Crippen LogP contribution in [-0.4, -0.2) is 4.57 Å². The topological polar surface area (TPSA) is 18.1 Å². The number of rotatable bonds is 0. The average molecular weight is 676 g/mol. The largest absolute Gasteiger partial charge is 0.455 e. The molecule has 0 fully saturated rings. The van der Waals surface area contributed by atoms with Crippen molar-refractivity contribution in [2.24, 2.45) is 11.3 Å². The van der Waals surface area contributed by atoms with E-state index in [2.05, 4.69) is 187 Å². The van der Waals surface area contributed by atoms with Gasteiger partial charge in [0.2, 0.25) is 0 Å². The van der Waals surface area contributed by atoms with Gasteiger partial charge in [-0.05, 0) is 68.8 Å². The van der Waals surface area contributed by atoms with E-state index in [1.165, 1.54) is 77.4 Å². The van der Waals surface area contributed by atoms with Crippen LogP contribution in [0.1, 0.15) is 40.3 Å². The molecule has 9 aromatic rings. The molecule has 7 aromatic carbocycles. The monoisotopic (exact) mass is 675 g/mol. The Morgan fingerprint density at radius 3 is 1.96 bits per heavy atom. The molecule has 1 aliphatic heterocycles. The number of aromatic nitrogens is 1. The summed E-state index contributed by atoms with van der Waals surface area (Å²) in [6.45, 7) is 2.56. The summed E-state index contributed by atoms with van der Waals surface area (Å²) in [7, 11) is 0. The van der Waals surface area contributed by atoms with Crippen LogP contribution in [0, 0.1) is 11.3 Å². The first-order chi connectivity index (χ1) is 26.2. The number of fused-ring (bicyclic) bond motifs is 22. The highest BCUT2D eigenvalue weighted by Gasteiger charge is 2.68. The van der Waals surface area contributed by atoms with E-state index >= 15 is 0 Å². The van der Waals surface area contributed by atoms with Crippen molar-refractivity contribution >= 4 is 43.7 Å². The van der Waals surface area contributed by atoms with Crippen molar-refractivity contribution in [1.82, 2.24) is 4.57 Å². The molecule has 2 heteroatoms. The van der Waals surface area contributed by atoms with Crippen LogP contribution in [0.3, 0.4) is 0 Å². The van der Waals surface area contributed by atoms with Crippen molar-refractivity contribution < 1.29 is 4.42 Å². The Morgan fingerprint density at radius 1 is 0.547 bits per heavy atom. The lowest BCUT2D eigenvalue weighted by molar-refractivity contribution is 0.138. The summed E-state index contributed by atoms with van der Waals surface area (Å²) in [5, 5.41) is 4.76. The predicted molar refractivity (Wildman–Crippen MR) is 216 cm³/mol. The maximum Gasteiger partial charge on any atom is 0.145 e. The van der Waals surface area contributed by atoms with E-state index in [4.69, 9.17) is 4.42 Å². The van der Waals surface area contributed by atoms with Crippen LogP contribution >= 0.6 is 0 Å². The summed E-state index contributed by atoms with van der Waals surface area (Å²) >= 11 is 0. The van der Waals surface area contributed by atoms with E-state index < -0.39 is 10.8 Å². The van der Waals surface area contributed by atoms with Crippen LogP contribution in [0.15, 0.2) is 180 Å². The second kappa shape index (κ2) is 9.34. The smallest absolute Gasteiger partial charge is 0.145 e. The maximum absolute atomic E-state index is 6.89. The Bertz CT molecular complexity index is 3120. The Kier molecular flexibility index (Phi) is 4.98. The molecule has 4 aliphatic rings. The van der Waals surface area contributed by atoms with Crippen LogP contribution in [0.2, 0.25) is 0 Å². The van der Waals surface area contributed by atoms with E-state index in [-0.39, 0.29) is 11.3 Å². The van der Waals surface area contributed by atoms with Gasteiger partial charge in [0.05, 0.1) is 32.9 Å². The lowest BCUT2D eigenvalue weighted by atomic mass is 9.38. The molecular weight excluding hydrogens is 643 g/mol. The molecule has 3 aliphatic carbocycles. The highest BCUT2D eigenvalue weighted by Crippen LogP contribution is 2.73. The van der Waals surface area contributed by atoms with E-state index in [1.54, 1.807) is 0 Å². The van der Waals surface area contributed by atoms with Gasteiger partial charge in [0.25, 0.3) is 0 Å². The minimum atomic E-state index is -0.532. The molecule has 0 amide bonds. The number of benzene rings is 7. The fraction of sp³-hybridized carbons (Fsp3) is 0.0980. The van der Waals surface area contributed by atoms with Gasteiger partial charge in [-0.2, -0.15) is 0 Å². The molecule has 2 spiro atoms. The molecule has 13 rings (SSSR count). The van der Waals surface area contributed by atoms with Gasteiger partial charge in [0.15, 0.2) is 0 Å². The fourth-order valence-electron chi connectivity index (χ4n) is 12.1. The number of furan rings is 1. The minimum absolute atomic E-state index is 0.0563. The molecule has 2 aromatic heterocycles. The van der Waals surface area contributed by atoms with Crippen LogP contribution in [0.4, 0.5) is 0 Å². The fourth-order valence-corrected chi connectivity index (χ4v) is 12.1. The molecule has 2 nitrogen and oxygen atoms in total. The summed E-state index contributed by atoms with van der Waals surface area (Å²) in [5.41, 5.74) is 15.2. The number of hydrogen-bond acceptors (Lipinski definition) is 1. The van der Waals surface area contributed by atoms with Crippen LogP contribution < -0.4 is 0 Å². The Hall–Kier alpha value is -6.38. The third-order valence-electron chi connectivity index (χ3n) is 13.8. The minimum Gasteiger partial charge on any atom is -0.455 e. The summed E-state index contributed by atoms with van der Waals surface area (Å²) < 4.78 is 9.43. The first-order valence-corrected chi connectivity index (χ1v) is 18.8. The van der Waals surface area contributed by atoms with Gasteiger partial charge >= 0.3 is 0 Å². The van der Waals surface area contributed by atoms with Crippen molar-refractivity contribution in [2.75, 3.05) is 0 Å². The van der Waals surface area contributed by atoms with Gasteiger partial charge < -0.3 is 8.98 Å². The van der Waals surface area contributed by atoms with E-state index in [0.717, 1.165) is 16.6 Å². The molecule has 0 bridgehead atoms. The second-order valence-corrected chi connectivity index (χ2v) is 15.7. The molecule has 3 atom stereocenters. The van der Waals surface area contributed by atoms with E-state index in [0.29, 0.717) is 0 Å². The lowest BCUT2D eigenvalue weighted by Crippen LogP contribution is -2.60. The van der Waals surface area contributed by atoms with Crippen molar-refractivity contribution in [3.63, 3.8) is 0 Å². The van der Waals surface area contributed by atoms with Gasteiger partial charge in [-0.25, -0.2) is 0 Å². The van der Waals surface area contributed by atoms with Gasteiger partial charge in [0.1, 0.15) is 11.2 Å². The molecule has 0 saturated carbocycles. The van der Waals surface area contributed by atoms with Gasteiger partial charge in [0, 0.05) is 27.5 Å². The molecule has 0 radical (unpaired) electrons. The number of para-hydroxylation sites is 3. The highest BCUT2D eigenvalue weighted by molar-refractivity contribution is 6.25. The SMILES string of the molecule is CC12C=CC=CC1C1(c3ccccc3-n3c4ccccc4c4c5oc6ccccc6c5cc1c43)c1ccccc1C21c2ccccc2-c2ccccc21. The summed E-state index contributed by atoms with van der Waals surface area (Å²) in [6.07, 6.45) is 9.75. The normalized spacial score (nSPS) is 22.4. The van der Waals surface area contributed by atoms with Gasteiger partial charge in [-0.1, -0.05) is 159 Å². The molecule has 0 saturated heterocycles. The third-order valence-corrected chi connectivity index (χ3v) is 13.8. The molecule has 0 N–H and O–H groups in total. The van der Waals surface area contributed by atoms with Crippen molar-refractivity contribution in [1.29, 1.82) is 0 Å². The number of allylic oxidation sites excluding steroid dienone is 4. The van der Waals surface area contributed by atoms with Crippen LogP contribution in [-0.2, 0) is 10.8 Å². The average Bonchev–Trinajstić information content (AvgIpc) is 3.86. The second-order valence-electron chi connectivity index (χ2n) is 15.7. The Labute approximate surface area is 306 Å². The molecule has 3 heterocycles. The highest BCUT2D eigenvalue weighted by atomic mass is 16.3. The van der Waals surface area contributed by atoms with Crippen LogP contribution in [0.25, 0.3) is 60.6 Å². The lowest BCUT2D eigenvalue weighted by Gasteiger charge is -2.63. The zero-order valence-corrected chi connectivity index (χ0v) is 29.2. The number of nitrogens with zero attached hydrogens (tertiary/aromatic N) is 1. The summed E-state index contributed by atoms with van der Waals surface area (Å²) in [6, 6.07) is 57.1. The van der Waals surface area contributed by atoms with E-state index in [9.17, 15) is 0 Å². The van der Waals surface area contributed by atoms with E-state index in [1.807, 2.05) is 0 Å². The molecule has 3 unspecified atom stereocenters. The van der Waals surface area contributed by atoms with Crippen molar-refractivity contribution in [3.8, 4) is 16.8 Å². The molecule has 53 heavy (non-hydrogen) atoms. The third kappa shape index (κ3) is 2.91. The zero-order chi connectivity index (χ0) is 34.7. The van der Waals surface area contributed by atoms with Gasteiger partial charge in [-0.15, -0.1) is 0 Å². The van der Waals surface area contributed by atoms with Crippen molar-refractivity contribution in [3.05, 3.63) is 209 Å². The van der Waals surface area contributed by atoms with Crippen LogP contribution in [0.5, 0.6) is 0 Å². The first-order valence-electron chi connectivity index (χ1n) is 18.8. The Balaban J connectivity index is 1.31. The Morgan fingerprint density at radius 2 is 1.17 bits per heavy atom. The predicted octanol–water partition coefficient (Wildman–Crippen LogP) is 12.4.